The van der Waals surface area contributed by atoms with Gasteiger partial charge in [0.2, 0.25) is 0 Å². The van der Waals surface area contributed by atoms with E-state index in [-0.39, 0.29) is 11.2 Å². The normalized spacial score (nSPS) is 22.1. The van der Waals surface area contributed by atoms with E-state index in [1.165, 1.54) is 12.1 Å². The monoisotopic (exact) mass is 321 g/mol. The number of halogens is 1. The van der Waals surface area contributed by atoms with Crippen LogP contribution in [0.15, 0.2) is 29.3 Å². The van der Waals surface area contributed by atoms with Crippen LogP contribution >= 0.6 is 0 Å². The Kier molecular flexibility index (Phi) is 5.13. The molecule has 0 atom stereocenters. The van der Waals surface area contributed by atoms with Crippen LogP contribution in [0.25, 0.3) is 0 Å². The first-order valence-electron chi connectivity index (χ1n) is 8.16. The molecule has 1 aromatic rings. The Hall–Kier alpha value is -1.66. The van der Waals surface area contributed by atoms with E-state index in [1.54, 1.807) is 0 Å². The average Bonchev–Trinajstić information content (AvgIpc) is 2.62. The van der Waals surface area contributed by atoms with Gasteiger partial charge in [-0.1, -0.05) is 12.1 Å². The zero-order valence-electron chi connectivity index (χ0n) is 13.3. The van der Waals surface area contributed by atoms with Crippen LogP contribution in [0.4, 0.5) is 4.39 Å². The standard InChI is InChI=1S/C17H24FN3O2/c18-15-3-1-14(2-4-15)17(5-9-22-10-6-17)13-20-16(19)21-7-11-23-12-8-21/h1-4H,5-13H2,(H2,19,20). The SMILES string of the molecule is NC(=NCC1(c2ccc(F)cc2)CCOCC1)N1CCOCC1. The minimum Gasteiger partial charge on any atom is -0.381 e. The number of nitrogens with two attached hydrogens (primary N) is 1. The highest BCUT2D eigenvalue weighted by Gasteiger charge is 2.34. The minimum absolute atomic E-state index is 0.122. The van der Waals surface area contributed by atoms with Gasteiger partial charge < -0.3 is 20.1 Å². The Morgan fingerprint density at radius 1 is 1.09 bits per heavy atom. The lowest BCUT2D eigenvalue weighted by Crippen LogP contribution is -2.46. The van der Waals surface area contributed by atoms with Crippen LogP contribution < -0.4 is 5.73 Å². The van der Waals surface area contributed by atoms with Gasteiger partial charge in [-0.2, -0.15) is 0 Å². The molecule has 2 aliphatic rings. The molecule has 3 rings (SSSR count). The first kappa shape index (κ1) is 16.2. The van der Waals surface area contributed by atoms with Gasteiger partial charge in [-0.05, 0) is 30.5 Å². The second kappa shape index (κ2) is 7.27. The molecule has 23 heavy (non-hydrogen) atoms. The molecule has 0 spiro atoms. The number of hydrogen-bond acceptors (Lipinski definition) is 3. The third-order valence-corrected chi connectivity index (χ3v) is 4.79. The third kappa shape index (κ3) is 3.82. The largest absolute Gasteiger partial charge is 0.381 e. The molecule has 0 saturated carbocycles. The summed E-state index contributed by atoms with van der Waals surface area (Å²) in [5.74, 6) is 0.355. The predicted molar refractivity (Wildman–Crippen MR) is 87.0 cm³/mol. The van der Waals surface area contributed by atoms with Crippen LogP contribution in [0.5, 0.6) is 0 Å². The molecule has 0 aliphatic carbocycles. The second-order valence-electron chi connectivity index (χ2n) is 6.17. The van der Waals surface area contributed by atoms with Crippen LogP contribution in [-0.2, 0) is 14.9 Å². The number of hydrogen-bond donors (Lipinski definition) is 1. The molecule has 0 bridgehead atoms. The van der Waals surface area contributed by atoms with E-state index in [0.29, 0.717) is 38.9 Å². The summed E-state index contributed by atoms with van der Waals surface area (Å²) >= 11 is 0. The maximum atomic E-state index is 13.2. The predicted octanol–water partition coefficient (Wildman–Crippen LogP) is 1.52. The van der Waals surface area contributed by atoms with Gasteiger partial charge >= 0.3 is 0 Å². The van der Waals surface area contributed by atoms with E-state index in [9.17, 15) is 4.39 Å². The number of morpholine rings is 1. The zero-order valence-corrected chi connectivity index (χ0v) is 13.3. The molecule has 2 aliphatic heterocycles. The number of rotatable bonds is 3. The fourth-order valence-corrected chi connectivity index (χ4v) is 3.23. The van der Waals surface area contributed by atoms with Crippen LogP contribution in [0.3, 0.4) is 0 Å². The molecule has 0 amide bonds. The number of ether oxygens (including phenoxy) is 2. The molecule has 1 aromatic carbocycles. The first-order chi connectivity index (χ1) is 11.2. The fourth-order valence-electron chi connectivity index (χ4n) is 3.23. The van der Waals surface area contributed by atoms with Crippen molar-refractivity contribution in [3.8, 4) is 0 Å². The van der Waals surface area contributed by atoms with E-state index >= 15 is 0 Å². The lowest BCUT2D eigenvalue weighted by atomic mass is 9.74. The Labute approximate surface area is 136 Å². The molecule has 2 fully saturated rings. The summed E-state index contributed by atoms with van der Waals surface area (Å²) in [6.45, 7) is 4.93. The van der Waals surface area contributed by atoms with Crippen molar-refractivity contribution < 1.29 is 13.9 Å². The summed E-state index contributed by atoms with van der Waals surface area (Å²) in [7, 11) is 0. The summed E-state index contributed by atoms with van der Waals surface area (Å²) in [5.41, 5.74) is 7.15. The van der Waals surface area contributed by atoms with E-state index in [1.807, 2.05) is 12.1 Å². The highest BCUT2D eigenvalue weighted by molar-refractivity contribution is 5.78. The molecule has 2 heterocycles. The van der Waals surface area contributed by atoms with Crippen LogP contribution in [0.2, 0.25) is 0 Å². The van der Waals surface area contributed by atoms with Crippen molar-refractivity contribution in [1.82, 2.24) is 4.90 Å². The molecular weight excluding hydrogens is 297 g/mol. The quantitative estimate of drug-likeness (QED) is 0.677. The lowest BCUT2D eigenvalue weighted by molar-refractivity contribution is 0.0524. The molecule has 5 nitrogen and oxygen atoms in total. The summed E-state index contributed by atoms with van der Waals surface area (Å²) in [6.07, 6.45) is 1.75. The van der Waals surface area contributed by atoms with Gasteiger partial charge in [0.1, 0.15) is 5.82 Å². The summed E-state index contributed by atoms with van der Waals surface area (Å²) in [4.78, 5) is 6.71. The second-order valence-corrected chi connectivity index (χ2v) is 6.17. The number of guanidine groups is 1. The van der Waals surface area contributed by atoms with Crippen molar-refractivity contribution in [2.45, 2.75) is 18.3 Å². The first-order valence-corrected chi connectivity index (χ1v) is 8.16. The van der Waals surface area contributed by atoms with E-state index in [2.05, 4.69) is 9.89 Å². The van der Waals surface area contributed by atoms with E-state index in [4.69, 9.17) is 15.2 Å². The van der Waals surface area contributed by atoms with Crippen molar-refractivity contribution in [3.05, 3.63) is 35.6 Å². The van der Waals surface area contributed by atoms with Gasteiger partial charge in [0.25, 0.3) is 0 Å². The summed E-state index contributed by atoms with van der Waals surface area (Å²) in [6, 6.07) is 6.76. The maximum absolute atomic E-state index is 13.2. The maximum Gasteiger partial charge on any atom is 0.191 e. The zero-order chi connectivity index (χ0) is 16.1. The molecule has 6 heteroatoms. The summed E-state index contributed by atoms with van der Waals surface area (Å²) in [5, 5.41) is 0. The van der Waals surface area contributed by atoms with Crippen molar-refractivity contribution in [2.24, 2.45) is 10.7 Å². The average molecular weight is 321 g/mol. The fraction of sp³-hybridized carbons (Fsp3) is 0.588. The number of nitrogens with zero attached hydrogens (tertiary/aromatic N) is 2. The van der Waals surface area contributed by atoms with Crippen LogP contribution in [-0.4, -0.2) is 56.9 Å². The van der Waals surface area contributed by atoms with Gasteiger partial charge in [-0.25, -0.2) is 4.39 Å². The molecule has 0 aromatic heterocycles. The van der Waals surface area contributed by atoms with Crippen molar-refractivity contribution >= 4 is 5.96 Å². The Bertz CT molecular complexity index is 535. The Balaban J connectivity index is 1.77. The lowest BCUT2D eigenvalue weighted by Gasteiger charge is -2.37. The van der Waals surface area contributed by atoms with E-state index < -0.39 is 0 Å². The summed E-state index contributed by atoms with van der Waals surface area (Å²) < 4.78 is 24.1. The van der Waals surface area contributed by atoms with Crippen molar-refractivity contribution in [2.75, 3.05) is 46.1 Å². The van der Waals surface area contributed by atoms with Gasteiger partial charge in [0, 0.05) is 31.7 Å². The molecule has 0 radical (unpaired) electrons. The van der Waals surface area contributed by atoms with Crippen LogP contribution in [0.1, 0.15) is 18.4 Å². The van der Waals surface area contributed by atoms with Gasteiger partial charge in [0.05, 0.1) is 19.8 Å². The highest BCUT2D eigenvalue weighted by atomic mass is 19.1. The van der Waals surface area contributed by atoms with E-state index in [0.717, 1.165) is 31.5 Å². The Morgan fingerprint density at radius 3 is 2.35 bits per heavy atom. The van der Waals surface area contributed by atoms with Gasteiger partial charge in [0.15, 0.2) is 5.96 Å². The molecule has 126 valence electrons. The molecule has 0 unspecified atom stereocenters. The molecule has 2 N–H and O–H groups in total. The van der Waals surface area contributed by atoms with Gasteiger partial charge in [-0.15, -0.1) is 0 Å². The molecular formula is C17H24FN3O2. The minimum atomic E-state index is -0.215. The van der Waals surface area contributed by atoms with Crippen molar-refractivity contribution in [3.63, 3.8) is 0 Å². The number of aliphatic imine (C=N–C) groups is 1. The van der Waals surface area contributed by atoms with Crippen LogP contribution in [0, 0.1) is 5.82 Å². The van der Waals surface area contributed by atoms with Crippen molar-refractivity contribution in [1.29, 1.82) is 0 Å². The smallest absolute Gasteiger partial charge is 0.191 e. The number of benzene rings is 1. The van der Waals surface area contributed by atoms with Gasteiger partial charge in [-0.3, -0.25) is 4.99 Å². The Morgan fingerprint density at radius 2 is 1.70 bits per heavy atom. The molecule has 2 saturated heterocycles. The third-order valence-electron chi connectivity index (χ3n) is 4.79. The topological polar surface area (TPSA) is 60.1 Å². The highest BCUT2D eigenvalue weighted by Crippen LogP contribution is 2.35.